The molecule has 2 aromatic rings. The SMILES string of the molecule is COc1ccc(Oc2cncc(NN)n2)cc1. The molecule has 0 unspecified atom stereocenters. The lowest BCUT2D eigenvalue weighted by molar-refractivity contribution is 0.412. The Hall–Kier alpha value is -2.34. The Balaban J connectivity index is 2.13. The molecule has 0 aliphatic carbocycles. The molecule has 0 spiro atoms. The van der Waals surface area contributed by atoms with Crippen LogP contribution in [0.25, 0.3) is 0 Å². The predicted octanol–water partition coefficient (Wildman–Crippen LogP) is 1.56. The van der Waals surface area contributed by atoms with Crippen LogP contribution in [0.4, 0.5) is 5.82 Å². The van der Waals surface area contributed by atoms with Gasteiger partial charge in [-0.15, -0.1) is 0 Å². The molecule has 0 bridgehead atoms. The predicted molar refractivity (Wildman–Crippen MR) is 62.9 cm³/mol. The number of aromatic nitrogens is 2. The van der Waals surface area contributed by atoms with Crippen molar-refractivity contribution in [1.29, 1.82) is 0 Å². The number of hydrogen-bond acceptors (Lipinski definition) is 6. The van der Waals surface area contributed by atoms with Crippen molar-refractivity contribution >= 4 is 5.82 Å². The van der Waals surface area contributed by atoms with Crippen LogP contribution in [0.2, 0.25) is 0 Å². The van der Waals surface area contributed by atoms with Crippen LogP contribution in [-0.4, -0.2) is 17.1 Å². The molecule has 0 saturated carbocycles. The molecule has 0 radical (unpaired) electrons. The van der Waals surface area contributed by atoms with Gasteiger partial charge in [0.15, 0.2) is 5.82 Å². The van der Waals surface area contributed by atoms with Crippen molar-refractivity contribution < 1.29 is 9.47 Å². The van der Waals surface area contributed by atoms with Gasteiger partial charge in [-0.3, -0.25) is 4.98 Å². The summed E-state index contributed by atoms with van der Waals surface area (Å²) in [5.74, 6) is 7.44. The molecule has 1 aromatic heterocycles. The van der Waals surface area contributed by atoms with Crippen molar-refractivity contribution in [3.8, 4) is 17.4 Å². The largest absolute Gasteiger partial charge is 0.497 e. The van der Waals surface area contributed by atoms with Crippen LogP contribution >= 0.6 is 0 Å². The summed E-state index contributed by atoms with van der Waals surface area (Å²) >= 11 is 0. The van der Waals surface area contributed by atoms with Crippen LogP contribution in [-0.2, 0) is 0 Å². The Kier molecular flexibility index (Phi) is 3.37. The van der Waals surface area contributed by atoms with E-state index in [1.807, 2.05) is 0 Å². The second kappa shape index (κ2) is 5.13. The van der Waals surface area contributed by atoms with E-state index in [0.29, 0.717) is 17.4 Å². The van der Waals surface area contributed by atoms with Crippen molar-refractivity contribution in [2.45, 2.75) is 0 Å². The second-order valence-corrected chi connectivity index (χ2v) is 3.16. The van der Waals surface area contributed by atoms with E-state index >= 15 is 0 Å². The van der Waals surface area contributed by atoms with E-state index in [0.717, 1.165) is 5.75 Å². The third-order valence-electron chi connectivity index (χ3n) is 2.04. The first kappa shape index (κ1) is 11.2. The van der Waals surface area contributed by atoms with Gasteiger partial charge in [0.1, 0.15) is 11.5 Å². The number of nitrogens with one attached hydrogen (secondary N) is 1. The highest BCUT2D eigenvalue weighted by Gasteiger charge is 2.01. The summed E-state index contributed by atoms with van der Waals surface area (Å²) in [4.78, 5) is 8.01. The van der Waals surface area contributed by atoms with Gasteiger partial charge in [-0.1, -0.05) is 0 Å². The molecule has 0 aliphatic rings. The molecule has 17 heavy (non-hydrogen) atoms. The van der Waals surface area contributed by atoms with Gasteiger partial charge in [-0.2, -0.15) is 4.98 Å². The van der Waals surface area contributed by atoms with Crippen molar-refractivity contribution in [2.24, 2.45) is 5.84 Å². The first-order valence-corrected chi connectivity index (χ1v) is 4.92. The molecule has 88 valence electrons. The molecule has 2 rings (SSSR count). The second-order valence-electron chi connectivity index (χ2n) is 3.16. The molecule has 6 nitrogen and oxygen atoms in total. The Morgan fingerprint density at radius 1 is 1.12 bits per heavy atom. The fraction of sp³-hybridized carbons (Fsp3) is 0.0909. The minimum Gasteiger partial charge on any atom is -0.497 e. The topological polar surface area (TPSA) is 82.3 Å². The van der Waals surface area contributed by atoms with Crippen LogP contribution in [0.15, 0.2) is 36.7 Å². The highest BCUT2D eigenvalue weighted by Crippen LogP contribution is 2.22. The van der Waals surface area contributed by atoms with E-state index < -0.39 is 0 Å². The fourth-order valence-corrected chi connectivity index (χ4v) is 1.23. The minimum atomic E-state index is 0.366. The zero-order chi connectivity index (χ0) is 12.1. The van der Waals surface area contributed by atoms with Gasteiger partial charge in [0.2, 0.25) is 5.88 Å². The number of methoxy groups -OCH3 is 1. The number of nitrogens with zero attached hydrogens (tertiary/aromatic N) is 2. The first-order valence-electron chi connectivity index (χ1n) is 4.92. The maximum atomic E-state index is 5.50. The molecule has 0 amide bonds. The molecule has 0 atom stereocenters. The van der Waals surface area contributed by atoms with Crippen molar-refractivity contribution in [2.75, 3.05) is 12.5 Å². The van der Waals surface area contributed by atoms with Crippen molar-refractivity contribution in [3.05, 3.63) is 36.7 Å². The smallest absolute Gasteiger partial charge is 0.239 e. The van der Waals surface area contributed by atoms with Crippen LogP contribution in [0, 0.1) is 0 Å². The lowest BCUT2D eigenvalue weighted by Gasteiger charge is -2.06. The third-order valence-corrected chi connectivity index (χ3v) is 2.04. The van der Waals surface area contributed by atoms with Gasteiger partial charge < -0.3 is 14.9 Å². The van der Waals surface area contributed by atoms with Gasteiger partial charge in [-0.25, -0.2) is 5.84 Å². The summed E-state index contributed by atoms with van der Waals surface area (Å²) in [5, 5.41) is 0. The fourth-order valence-electron chi connectivity index (χ4n) is 1.23. The van der Waals surface area contributed by atoms with Gasteiger partial charge in [-0.05, 0) is 24.3 Å². The highest BCUT2D eigenvalue weighted by molar-refractivity contribution is 5.35. The molecular formula is C11H12N4O2. The van der Waals surface area contributed by atoms with Gasteiger partial charge in [0.25, 0.3) is 0 Å². The number of nitrogen functional groups attached to an aromatic ring is 1. The Morgan fingerprint density at radius 2 is 1.82 bits per heavy atom. The summed E-state index contributed by atoms with van der Waals surface area (Å²) in [6.07, 6.45) is 3.01. The average Bonchev–Trinajstić information content (AvgIpc) is 2.40. The standard InChI is InChI=1S/C11H12N4O2/c1-16-8-2-4-9(5-3-8)17-11-7-13-6-10(14-11)15-12/h2-7H,12H2,1H3,(H,14,15). The Bertz CT molecular complexity index is 487. The average molecular weight is 232 g/mol. The first-order chi connectivity index (χ1) is 8.31. The highest BCUT2D eigenvalue weighted by atomic mass is 16.5. The number of nitrogens with two attached hydrogens (primary N) is 1. The van der Waals surface area contributed by atoms with Crippen LogP contribution in [0.5, 0.6) is 17.4 Å². The monoisotopic (exact) mass is 232 g/mol. The quantitative estimate of drug-likeness (QED) is 0.615. The molecule has 3 N–H and O–H groups in total. The minimum absolute atomic E-state index is 0.366. The van der Waals surface area contributed by atoms with Crippen LogP contribution < -0.4 is 20.7 Å². The summed E-state index contributed by atoms with van der Waals surface area (Å²) in [6, 6.07) is 7.16. The number of anilines is 1. The maximum absolute atomic E-state index is 5.50. The van der Waals surface area contributed by atoms with Crippen molar-refractivity contribution in [3.63, 3.8) is 0 Å². The normalized spacial score (nSPS) is 9.76. The molecule has 6 heteroatoms. The summed E-state index contributed by atoms with van der Waals surface area (Å²) < 4.78 is 10.5. The molecule has 0 saturated heterocycles. The van der Waals surface area contributed by atoms with Gasteiger partial charge in [0, 0.05) is 0 Å². The summed E-state index contributed by atoms with van der Waals surface area (Å²) in [6.45, 7) is 0. The van der Waals surface area contributed by atoms with Crippen LogP contribution in [0.3, 0.4) is 0 Å². The zero-order valence-corrected chi connectivity index (χ0v) is 9.25. The Labute approximate surface area is 98.4 Å². The number of hydrogen-bond donors (Lipinski definition) is 2. The van der Waals surface area contributed by atoms with E-state index in [1.54, 1.807) is 31.4 Å². The summed E-state index contributed by atoms with van der Waals surface area (Å²) in [7, 11) is 1.61. The molecule has 1 aromatic carbocycles. The van der Waals surface area contributed by atoms with Gasteiger partial charge >= 0.3 is 0 Å². The Morgan fingerprint density at radius 3 is 2.47 bits per heavy atom. The third kappa shape index (κ3) is 2.82. The zero-order valence-electron chi connectivity index (χ0n) is 9.25. The lowest BCUT2D eigenvalue weighted by atomic mass is 10.3. The number of benzene rings is 1. The van der Waals surface area contributed by atoms with E-state index in [9.17, 15) is 0 Å². The number of hydrazine groups is 1. The van der Waals surface area contributed by atoms with E-state index in [2.05, 4.69) is 15.4 Å². The lowest BCUT2D eigenvalue weighted by Crippen LogP contribution is -2.08. The van der Waals surface area contributed by atoms with Crippen molar-refractivity contribution in [1.82, 2.24) is 9.97 Å². The van der Waals surface area contributed by atoms with E-state index in [4.69, 9.17) is 15.3 Å². The molecule has 0 fully saturated rings. The number of rotatable bonds is 4. The van der Waals surface area contributed by atoms with Gasteiger partial charge in [0.05, 0.1) is 19.5 Å². The molecule has 1 heterocycles. The van der Waals surface area contributed by atoms with Crippen LogP contribution in [0.1, 0.15) is 0 Å². The summed E-state index contributed by atoms with van der Waals surface area (Å²) in [5.41, 5.74) is 2.40. The molecular weight excluding hydrogens is 220 g/mol. The maximum Gasteiger partial charge on any atom is 0.239 e. The van der Waals surface area contributed by atoms with E-state index in [1.165, 1.54) is 12.4 Å². The number of ether oxygens (including phenoxy) is 2. The molecule has 0 aliphatic heterocycles. The van der Waals surface area contributed by atoms with E-state index in [-0.39, 0.29) is 0 Å².